The molecule has 0 unspecified atom stereocenters. The predicted octanol–water partition coefficient (Wildman–Crippen LogP) is 1.20. The average molecular weight is 190 g/mol. The maximum absolute atomic E-state index is 10.1. The molecule has 0 spiro atoms. The number of rotatable bonds is 9. The molecule has 2 radical (unpaired) electrons. The first-order chi connectivity index (χ1) is 5.91. The van der Waals surface area contributed by atoms with Gasteiger partial charge in [0, 0.05) is 6.61 Å². The van der Waals surface area contributed by atoms with Gasteiger partial charge in [0.25, 0.3) is 0 Å². The minimum Gasteiger partial charge on any atom is -0.397 e. The molecule has 0 amide bonds. The van der Waals surface area contributed by atoms with Crippen molar-refractivity contribution in [2.45, 2.75) is 38.5 Å². The van der Waals surface area contributed by atoms with Gasteiger partial charge in [-0.1, -0.05) is 25.7 Å². The summed E-state index contributed by atoms with van der Waals surface area (Å²) in [7, 11) is -1.42. The van der Waals surface area contributed by atoms with Gasteiger partial charge in [0.1, 0.15) is 0 Å². The maximum atomic E-state index is 10.1. The average Bonchev–Trinajstić information content (AvgIpc) is 2.10. The van der Waals surface area contributed by atoms with Crippen molar-refractivity contribution < 1.29 is 14.3 Å². The van der Waals surface area contributed by atoms with Crippen LogP contribution in [0.1, 0.15) is 38.5 Å². The molecule has 4 heteroatoms. The van der Waals surface area contributed by atoms with Gasteiger partial charge in [0.05, 0.1) is 6.61 Å². The molecule has 0 aliphatic rings. The molecule has 0 aliphatic carbocycles. The Morgan fingerprint density at radius 1 is 0.917 bits per heavy atom. The molecule has 0 saturated heterocycles. The second-order valence-corrected chi connectivity index (χ2v) is 3.50. The van der Waals surface area contributed by atoms with Crippen LogP contribution in [0.15, 0.2) is 0 Å². The molecule has 0 bridgehead atoms. The highest BCUT2D eigenvalue weighted by Gasteiger charge is 1.91. The maximum Gasteiger partial charge on any atom is 0.343 e. The van der Waals surface area contributed by atoms with Crippen molar-refractivity contribution in [3.63, 3.8) is 0 Å². The number of hydrogen-bond donors (Lipinski definition) is 0. The van der Waals surface area contributed by atoms with Gasteiger partial charge < -0.3 is 4.43 Å². The lowest BCUT2D eigenvalue weighted by molar-refractivity contribution is 0.185. The molecule has 0 aromatic carbocycles. The minimum absolute atomic E-state index is 0.0604. The molecular weight excluding hydrogens is 172 g/mol. The summed E-state index contributed by atoms with van der Waals surface area (Å²) in [6.45, 7) is 0.710. The zero-order valence-corrected chi connectivity index (χ0v) is 9.00. The van der Waals surface area contributed by atoms with E-state index < -0.39 is 10.0 Å². The molecule has 72 valence electrons. The molecule has 0 aliphatic heterocycles. The third kappa shape index (κ3) is 10.1. The van der Waals surface area contributed by atoms with Gasteiger partial charge in [-0.15, -0.1) is 0 Å². The molecule has 0 N–H and O–H groups in total. The molecule has 0 saturated carbocycles. The van der Waals surface area contributed by atoms with E-state index in [1.807, 2.05) is 0 Å². The number of hydrogen-bond acceptors (Lipinski definition) is 1. The van der Waals surface area contributed by atoms with Gasteiger partial charge in [-0.2, -0.15) is 0 Å². The lowest BCUT2D eigenvalue weighted by atomic mass is 10.1. The highest BCUT2D eigenvalue weighted by Crippen LogP contribution is 2.04. The summed E-state index contributed by atoms with van der Waals surface area (Å²) in [5.41, 5.74) is 0. The Morgan fingerprint density at radius 3 is 2.08 bits per heavy atom. The molecule has 0 rings (SSSR count). The van der Waals surface area contributed by atoms with E-state index in [0.29, 0.717) is 6.61 Å². The van der Waals surface area contributed by atoms with Crippen LogP contribution >= 0.6 is 0 Å². The standard InChI is InChI=1S/C8H18O3Si/c9-7-5-3-1-2-4-6-8-11-12-10/h1-8,12H2. The molecule has 0 heterocycles. The fourth-order valence-electron chi connectivity index (χ4n) is 1.07. The lowest BCUT2D eigenvalue weighted by Gasteiger charge is -2.00. The topological polar surface area (TPSA) is 49.0 Å². The van der Waals surface area contributed by atoms with Gasteiger partial charge >= 0.3 is 10.0 Å². The van der Waals surface area contributed by atoms with Gasteiger partial charge in [0.15, 0.2) is 0 Å². The molecule has 12 heavy (non-hydrogen) atoms. The highest BCUT2D eigenvalue weighted by molar-refractivity contribution is 6.15. The molecular formula is C8H18O3Si. The van der Waals surface area contributed by atoms with E-state index in [1.54, 1.807) is 0 Å². The monoisotopic (exact) mass is 190 g/mol. The van der Waals surface area contributed by atoms with E-state index in [0.717, 1.165) is 32.1 Å². The molecule has 0 aromatic heterocycles. The van der Waals surface area contributed by atoms with E-state index in [1.165, 1.54) is 6.42 Å². The van der Waals surface area contributed by atoms with Crippen LogP contribution in [0.25, 0.3) is 0 Å². The summed E-state index contributed by atoms with van der Waals surface area (Å²) in [5, 5.41) is 10.1. The molecule has 0 atom stereocenters. The third-order valence-electron chi connectivity index (χ3n) is 1.77. The van der Waals surface area contributed by atoms with Crippen molar-refractivity contribution in [1.29, 1.82) is 0 Å². The zero-order valence-electron chi connectivity index (χ0n) is 7.59. The highest BCUT2D eigenvalue weighted by atomic mass is 28.2. The first kappa shape index (κ1) is 12.1. The van der Waals surface area contributed by atoms with Crippen molar-refractivity contribution >= 4 is 10.0 Å². The Bertz CT molecular complexity index is 70.7. The van der Waals surface area contributed by atoms with Gasteiger partial charge in [0.2, 0.25) is 0 Å². The van der Waals surface area contributed by atoms with Crippen LogP contribution in [0, 0.1) is 0 Å². The van der Waals surface area contributed by atoms with Crippen molar-refractivity contribution in [2.75, 3.05) is 13.2 Å². The minimum atomic E-state index is -1.42. The largest absolute Gasteiger partial charge is 0.397 e. The zero-order chi connectivity index (χ0) is 9.07. The Hall–Kier alpha value is 0.0969. The fourth-order valence-corrected chi connectivity index (χ4v) is 1.39. The van der Waals surface area contributed by atoms with Crippen LogP contribution in [-0.2, 0) is 14.3 Å². The van der Waals surface area contributed by atoms with E-state index >= 15 is 0 Å². The summed E-state index contributed by atoms with van der Waals surface area (Å²) < 4.78 is 4.79. The summed E-state index contributed by atoms with van der Waals surface area (Å²) in [6.07, 6.45) is 6.32. The normalized spacial score (nSPS) is 11.5. The Kier molecular flexibility index (Phi) is 11.2. The van der Waals surface area contributed by atoms with Crippen molar-refractivity contribution in [1.82, 2.24) is 0 Å². The third-order valence-corrected chi connectivity index (χ3v) is 2.22. The van der Waals surface area contributed by atoms with Crippen LogP contribution in [0.4, 0.5) is 0 Å². The van der Waals surface area contributed by atoms with Gasteiger partial charge in [-0.3, -0.25) is 4.80 Å². The molecule has 0 fully saturated rings. The Labute approximate surface area is 76.8 Å². The van der Waals surface area contributed by atoms with Crippen LogP contribution in [-0.4, -0.2) is 23.2 Å². The molecule has 3 nitrogen and oxygen atoms in total. The second-order valence-electron chi connectivity index (χ2n) is 2.85. The first-order valence-electron chi connectivity index (χ1n) is 4.65. The van der Waals surface area contributed by atoms with E-state index in [-0.39, 0.29) is 6.61 Å². The Balaban J connectivity index is 2.73. The summed E-state index contributed by atoms with van der Waals surface area (Å²) in [4.78, 5) is 9.99. The number of unbranched alkanes of at least 4 members (excludes halogenated alkanes) is 5. The second kappa shape index (κ2) is 11.1. The fraction of sp³-hybridized carbons (Fsp3) is 1.00. The summed E-state index contributed by atoms with van der Waals surface area (Å²) >= 11 is 0. The van der Waals surface area contributed by atoms with E-state index in [2.05, 4.69) is 0 Å². The van der Waals surface area contributed by atoms with Crippen molar-refractivity contribution in [3.8, 4) is 0 Å². The van der Waals surface area contributed by atoms with Crippen molar-refractivity contribution in [3.05, 3.63) is 0 Å². The van der Waals surface area contributed by atoms with E-state index in [9.17, 15) is 9.90 Å². The first-order valence-corrected chi connectivity index (χ1v) is 5.81. The van der Waals surface area contributed by atoms with Gasteiger partial charge in [-0.25, -0.2) is 5.11 Å². The van der Waals surface area contributed by atoms with Crippen LogP contribution < -0.4 is 0 Å². The predicted molar refractivity (Wildman–Crippen MR) is 48.4 cm³/mol. The molecule has 0 aromatic rings. The quantitative estimate of drug-likeness (QED) is 0.398. The van der Waals surface area contributed by atoms with Crippen molar-refractivity contribution in [2.24, 2.45) is 0 Å². The van der Waals surface area contributed by atoms with Crippen LogP contribution in [0.5, 0.6) is 0 Å². The lowest BCUT2D eigenvalue weighted by Crippen LogP contribution is -1.97. The smallest absolute Gasteiger partial charge is 0.343 e. The van der Waals surface area contributed by atoms with Gasteiger partial charge in [-0.05, 0) is 12.8 Å². The SMILES string of the molecule is [O]CCCCCCCCO[SiH2][O]. The summed E-state index contributed by atoms with van der Waals surface area (Å²) in [5.74, 6) is 0. The van der Waals surface area contributed by atoms with Crippen LogP contribution in [0.2, 0.25) is 0 Å². The van der Waals surface area contributed by atoms with E-state index in [4.69, 9.17) is 4.43 Å². The van der Waals surface area contributed by atoms with Crippen LogP contribution in [0.3, 0.4) is 0 Å². The Morgan fingerprint density at radius 2 is 1.50 bits per heavy atom. The summed E-state index contributed by atoms with van der Waals surface area (Å²) in [6, 6.07) is 0.